The van der Waals surface area contributed by atoms with Crippen molar-refractivity contribution in [2.24, 2.45) is 5.73 Å². The average Bonchev–Trinajstić information content (AvgIpc) is 2.62. The summed E-state index contributed by atoms with van der Waals surface area (Å²) < 4.78 is 0. The molecule has 0 saturated carbocycles. The molecular formula is C12H18N2S. The van der Waals surface area contributed by atoms with Gasteiger partial charge in [0.05, 0.1) is 11.4 Å². The first-order chi connectivity index (χ1) is 7.13. The van der Waals surface area contributed by atoms with Crippen molar-refractivity contribution in [2.75, 3.05) is 13.6 Å². The summed E-state index contributed by atoms with van der Waals surface area (Å²) >= 11 is 1.75. The standard InChI is InChI=1S/C12H18N2S/c1-10(2)14(3)9-12-7-6-11(15-12)5-4-8-13/h6-7,10H,8-9,13H2,1-3H3. The molecule has 0 amide bonds. The maximum atomic E-state index is 5.33. The second-order valence-corrected chi connectivity index (χ2v) is 4.95. The van der Waals surface area contributed by atoms with Gasteiger partial charge in [-0.1, -0.05) is 11.8 Å². The third-order valence-corrected chi connectivity index (χ3v) is 3.25. The van der Waals surface area contributed by atoms with Crippen molar-refractivity contribution in [3.63, 3.8) is 0 Å². The monoisotopic (exact) mass is 222 g/mol. The summed E-state index contributed by atoms with van der Waals surface area (Å²) in [6.07, 6.45) is 0. The average molecular weight is 222 g/mol. The van der Waals surface area contributed by atoms with E-state index in [1.165, 1.54) is 4.88 Å². The van der Waals surface area contributed by atoms with Crippen molar-refractivity contribution in [1.29, 1.82) is 0 Å². The van der Waals surface area contributed by atoms with Gasteiger partial charge in [0.15, 0.2) is 0 Å². The summed E-state index contributed by atoms with van der Waals surface area (Å²) in [4.78, 5) is 4.77. The molecule has 0 aliphatic rings. The Morgan fingerprint density at radius 3 is 2.80 bits per heavy atom. The van der Waals surface area contributed by atoms with E-state index in [0.717, 1.165) is 11.4 Å². The Kier molecular flexibility index (Phi) is 4.83. The van der Waals surface area contributed by atoms with Crippen LogP contribution in [0.3, 0.4) is 0 Å². The summed E-state index contributed by atoms with van der Waals surface area (Å²) in [7, 11) is 2.13. The normalized spacial score (nSPS) is 10.5. The van der Waals surface area contributed by atoms with Crippen molar-refractivity contribution < 1.29 is 0 Å². The minimum absolute atomic E-state index is 0.430. The van der Waals surface area contributed by atoms with E-state index in [0.29, 0.717) is 12.6 Å². The lowest BCUT2D eigenvalue weighted by molar-refractivity contribution is 0.268. The van der Waals surface area contributed by atoms with E-state index in [1.807, 2.05) is 0 Å². The molecule has 3 heteroatoms. The lowest BCUT2D eigenvalue weighted by Crippen LogP contribution is -2.24. The molecule has 2 N–H and O–H groups in total. The first kappa shape index (κ1) is 12.3. The fourth-order valence-electron chi connectivity index (χ4n) is 1.10. The molecule has 1 aromatic rings. The minimum Gasteiger partial charge on any atom is -0.320 e. The highest BCUT2D eigenvalue weighted by molar-refractivity contribution is 7.12. The Hall–Kier alpha value is -0.820. The van der Waals surface area contributed by atoms with Gasteiger partial charge >= 0.3 is 0 Å². The van der Waals surface area contributed by atoms with Gasteiger partial charge in [-0.2, -0.15) is 0 Å². The summed E-state index contributed by atoms with van der Waals surface area (Å²) in [5.74, 6) is 5.92. The zero-order valence-electron chi connectivity index (χ0n) is 9.58. The van der Waals surface area contributed by atoms with Crippen LogP contribution in [-0.2, 0) is 6.54 Å². The fourth-order valence-corrected chi connectivity index (χ4v) is 2.04. The molecule has 0 aliphatic carbocycles. The van der Waals surface area contributed by atoms with Crippen molar-refractivity contribution in [3.05, 3.63) is 21.9 Å². The number of nitrogens with two attached hydrogens (primary N) is 1. The summed E-state index contributed by atoms with van der Waals surface area (Å²) in [6, 6.07) is 4.78. The molecule has 0 saturated heterocycles. The molecule has 0 radical (unpaired) electrons. The molecule has 0 unspecified atom stereocenters. The van der Waals surface area contributed by atoms with Crippen LogP contribution in [0.2, 0.25) is 0 Å². The van der Waals surface area contributed by atoms with Crippen LogP contribution in [0.4, 0.5) is 0 Å². The maximum absolute atomic E-state index is 5.33. The smallest absolute Gasteiger partial charge is 0.0772 e. The van der Waals surface area contributed by atoms with E-state index in [4.69, 9.17) is 5.73 Å². The van der Waals surface area contributed by atoms with E-state index in [-0.39, 0.29) is 0 Å². The van der Waals surface area contributed by atoms with Gasteiger partial charge < -0.3 is 5.73 Å². The molecule has 1 heterocycles. The highest BCUT2D eigenvalue weighted by Crippen LogP contribution is 2.17. The van der Waals surface area contributed by atoms with Crippen LogP contribution in [0, 0.1) is 11.8 Å². The third-order valence-electron chi connectivity index (χ3n) is 2.26. The number of thiophene rings is 1. The topological polar surface area (TPSA) is 29.3 Å². The van der Waals surface area contributed by atoms with Gasteiger partial charge in [-0.3, -0.25) is 4.90 Å². The van der Waals surface area contributed by atoms with Crippen LogP contribution >= 0.6 is 11.3 Å². The van der Waals surface area contributed by atoms with Gasteiger partial charge in [0, 0.05) is 17.5 Å². The van der Waals surface area contributed by atoms with Crippen molar-refractivity contribution in [1.82, 2.24) is 4.90 Å². The predicted octanol–water partition coefficient (Wildman–Crippen LogP) is 1.90. The van der Waals surface area contributed by atoms with Gasteiger partial charge in [-0.05, 0) is 33.0 Å². The van der Waals surface area contributed by atoms with E-state index in [2.05, 4.69) is 49.8 Å². The van der Waals surface area contributed by atoms with E-state index < -0.39 is 0 Å². The molecule has 15 heavy (non-hydrogen) atoms. The highest BCUT2D eigenvalue weighted by atomic mass is 32.1. The van der Waals surface area contributed by atoms with Crippen molar-refractivity contribution in [3.8, 4) is 11.8 Å². The van der Waals surface area contributed by atoms with Gasteiger partial charge in [-0.25, -0.2) is 0 Å². The number of hydrogen-bond donors (Lipinski definition) is 1. The Morgan fingerprint density at radius 2 is 2.20 bits per heavy atom. The first-order valence-electron chi connectivity index (χ1n) is 5.11. The number of nitrogens with zero attached hydrogens (tertiary/aromatic N) is 1. The molecule has 0 fully saturated rings. The minimum atomic E-state index is 0.430. The Morgan fingerprint density at radius 1 is 1.47 bits per heavy atom. The van der Waals surface area contributed by atoms with Crippen LogP contribution in [0.25, 0.3) is 0 Å². The SMILES string of the molecule is CC(C)N(C)Cc1ccc(C#CCN)s1. The van der Waals surface area contributed by atoms with Crippen LogP contribution in [0.15, 0.2) is 12.1 Å². The lowest BCUT2D eigenvalue weighted by Gasteiger charge is -2.19. The molecule has 0 spiro atoms. The Labute approximate surface area is 96.1 Å². The second-order valence-electron chi connectivity index (χ2n) is 3.78. The predicted molar refractivity (Wildman–Crippen MR) is 66.9 cm³/mol. The van der Waals surface area contributed by atoms with Crippen molar-refractivity contribution >= 4 is 11.3 Å². The molecule has 82 valence electrons. The second kappa shape index (κ2) is 5.92. The van der Waals surface area contributed by atoms with Crippen LogP contribution in [0.1, 0.15) is 23.6 Å². The molecule has 1 aromatic heterocycles. The van der Waals surface area contributed by atoms with Gasteiger partial charge in [0.2, 0.25) is 0 Å². The van der Waals surface area contributed by atoms with Gasteiger partial charge in [-0.15, -0.1) is 11.3 Å². The molecular weight excluding hydrogens is 204 g/mol. The third kappa shape index (κ3) is 4.05. The number of rotatable bonds is 3. The summed E-state index contributed by atoms with van der Waals surface area (Å²) in [5.41, 5.74) is 5.33. The Balaban J connectivity index is 2.60. The summed E-state index contributed by atoms with van der Waals surface area (Å²) in [5, 5.41) is 0. The molecule has 1 rings (SSSR count). The van der Waals surface area contributed by atoms with Crippen LogP contribution < -0.4 is 5.73 Å². The molecule has 0 atom stereocenters. The zero-order chi connectivity index (χ0) is 11.3. The van der Waals surface area contributed by atoms with Crippen LogP contribution in [0.5, 0.6) is 0 Å². The molecule has 0 aliphatic heterocycles. The van der Waals surface area contributed by atoms with E-state index >= 15 is 0 Å². The molecule has 0 bridgehead atoms. The van der Waals surface area contributed by atoms with Gasteiger partial charge in [0.1, 0.15) is 0 Å². The van der Waals surface area contributed by atoms with Crippen molar-refractivity contribution in [2.45, 2.75) is 26.4 Å². The largest absolute Gasteiger partial charge is 0.320 e. The maximum Gasteiger partial charge on any atom is 0.0772 e. The summed E-state index contributed by atoms with van der Waals surface area (Å²) in [6.45, 7) is 5.82. The van der Waals surface area contributed by atoms with E-state index in [1.54, 1.807) is 11.3 Å². The fraction of sp³-hybridized carbons (Fsp3) is 0.500. The van der Waals surface area contributed by atoms with E-state index in [9.17, 15) is 0 Å². The quantitative estimate of drug-likeness (QED) is 0.791. The first-order valence-corrected chi connectivity index (χ1v) is 5.93. The van der Waals surface area contributed by atoms with Crippen LogP contribution in [-0.4, -0.2) is 24.5 Å². The van der Waals surface area contributed by atoms with Gasteiger partial charge in [0.25, 0.3) is 0 Å². The highest BCUT2D eigenvalue weighted by Gasteiger charge is 2.05. The zero-order valence-corrected chi connectivity index (χ0v) is 10.4. The molecule has 2 nitrogen and oxygen atoms in total. The lowest BCUT2D eigenvalue weighted by atomic mass is 10.3. The number of hydrogen-bond acceptors (Lipinski definition) is 3. The Bertz CT molecular complexity index is 357. The molecule has 0 aromatic carbocycles.